The average molecular weight is 276 g/mol. The number of fused-ring (bicyclic) bond motifs is 1. The third kappa shape index (κ3) is 2.26. The summed E-state index contributed by atoms with van der Waals surface area (Å²) in [5.74, 6) is 0.674. The third-order valence-corrected chi connectivity index (χ3v) is 4.28. The predicted octanol–water partition coefficient (Wildman–Crippen LogP) is 1.93. The maximum atomic E-state index is 11.4. The first kappa shape index (κ1) is 12.3. The van der Waals surface area contributed by atoms with Crippen LogP contribution < -0.4 is 10.2 Å². The summed E-state index contributed by atoms with van der Waals surface area (Å²) in [6.07, 6.45) is 1.58. The Bertz CT molecular complexity index is 566. The number of benzene rings is 1. The van der Waals surface area contributed by atoms with E-state index in [1.54, 1.807) is 6.07 Å². The van der Waals surface area contributed by atoms with Gasteiger partial charge in [0.25, 0.3) is 0 Å². The molecule has 98 valence electrons. The van der Waals surface area contributed by atoms with Gasteiger partial charge < -0.3 is 10.2 Å². The molecule has 2 saturated heterocycles. The second-order valence-electron chi connectivity index (χ2n) is 5.15. The summed E-state index contributed by atoms with van der Waals surface area (Å²) in [4.78, 5) is 13.6. The minimum atomic E-state index is 0.154. The smallest absolute Gasteiger partial charge is 0.220 e. The van der Waals surface area contributed by atoms with Gasteiger partial charge in [-0.2, -0.15) is 5.26 Å². The van der Waals surface area contributed by atoms with Crippen molar-refractivity contribution < 1.29 is 4.79 Å². The summed E-state index contributed by atoms with van der Waals surface area (Å²) in [7, 11) is 0. The van der Waals surface area contributed by atoms with E-state index in [0.29, 0.717) is 22.9 Å². The molecule has 2 unspecified atom stereocenters. The number of nitriles is 1. The van der Waals surface area contributed by atoms with Crippen LogP contribution in [0.5, 0.6) is 0 Å². The van der Waals surface area contributed by atoms with Crippen LogP contribution in [0.1, 0.15) is 18.4 Å². The van der Waals surface area contributed by atoms with Crippen LogP contribution in [0, 0.1) is 17.2 Å². The SMILES string of the molecule is N#Cc1ccc(N2CC3CCC(=O)NC3C2)cc1Cl. The van der Waals surface area contributed by atoms with Gasteiger partial charge in [-0.05, 0) is 30.5 Å². The Hall–Kier alpha value is -1.73. The molecule has 0 aliphatic carbocycles. The van der Waals surface area contributed by atoms with Crippen molar-refractivity contribution in [2.24, 2.45) is 5.92 Å². The molecular formula is C14H14ClN3O. The highest BCUT2D eigenvalue weighted by molar-refractivity contribution is 6.32. The van der Waals surface area contributed by atoms with Crippen molar-refractivity contribution in [1.82, 2.24) is 5.32 Å². The van der Waals surface area contributed by atoms with E-state index in [0.717, 1.165) is 25.2 Å². The summed E-state index contributed by atoms with van der Waals surface area (Å²) < 4.78 is 0. The van der Waals surface area contributed by atoms with E-state index in [4.69, 9.17) is 16.9 Å². The van der Waals surface area contributed by atoms with Crippen LogP contribution in [-0.4, -0.2) is 25.0 Å². The van der Waals surface area contributed by atoms with Crippen LogP contribution in [0.25, 0.3) is 0 Å². The van der Waals surface area contributed by atoms with Crippen molar-refractivity contribution in [2.75, 3.05) is 18.0 Å². The second kappa shape index (κ2) is 4.75. The maximum Gasteiger partial charge on any atom is 0.220 e. The Morgan fingerprint density at radius 1 is 1.42 bits per heavy atom. The predicted molar refractivity (Wildman–Crippen MR) is 73.0 cm³/mol. The van der Waals surface area contributed by atoms with Gasteiger partial charge in [0, 0.05) is 25.2 Å². The van der Waals surface area contributed by atoms with Crippen molar-refractivity contribution in [1.29, 1.82) is 5.26 Å². The minimum absolute atomic E-state index is 0.154. The number of nitrogens with one attached hydrogen (secondary N) is 1. The lowest BCUT2D eigenvalue weighted by atomic mass is 9.94. The third-order valence-electron chi connectivity index (χ3n) is 3.97. The lowest BCUT2D eigenvalue weighted by Crippen LogP contribution is -2.44. The Morgan fingerprint density at radius 3 is 3.00 bits per heavy atom. The van der Waals surface area contributed by atoms with Gasteiger partial charge in [0.05, 0.1) is 16.6 Å². The van der Waals surface area contributed by atoms with Gasteiger partial charge in [-0.15, -0.1) is 0 Å². The van der Waals surface area contributed by atoms with Crippen LogP contribution in [0.3, 0.4) is 0 Å². The Morgan fingerprint density at radius 2 is 2.26 bits per heavy atom. The Kier molecular flexibility index (Phi) is 3.08. The number of hydrogen-bond acceptors (Lipinski definition) is 3. The fraction of sp³-hybridized carbons (Fsp3) is 0.429. The number of carbonyl (C=O) groups excluding carboxylic acids is 1. The molecule has 1 aromatic carbocycles. The number of nitrogens with zero attached hydrogens (tertiary/aromatic N) is 2. The molecule has 5 heteroatoms. The molecule has 1 aromatic rings. The van der Waals surface area contributed by atoms with E-state index >= 15 is 0 Å². The van der Waals surface area contributed by atoms with Crippen molar-refractivity contribution in [3.05, 3.63) is 28.8 Å². The van der Waals surface area contributed by atoms with Crippen LogP contribution in [0.2, 0.25) is 5.02 Å². The Balaban J connectivity index is 1.79. The summed E-state index contributed by atoms with van der Waals surface area (Å²) in [6.45, 7) is 1.76. The molecule has 0 aromatic heterocycles. The van der Waals surface area contributed by atoms with Crippen molar-refractivity contribution in [3.8, 4) is 6.07 Å². The molecule has 0 bridgehead atoms. The summed E-state index contributed by atoms with van der Waals surface area (Å²) in [5.41, 5.74) is 1.52. The molecule has 2 heterocycles. The molecule has 2 atom stereocenters. The Labute approximate surface area is 117 Å². The molecule has 1 N–H and O–H groups in total. The van der Waals surface area contributed by atoms with E-state index < -0.39 is 0 Å². The lowest BCUT2D eigenvalue weighted by Gasteiger charge is -2.24. The fourth-order valence-corrected chi connectivity index (χ4v) is 3.14. The zero-order valence-corrected chi connectivity index (χ0v) is 11.2. The molecule has 4 nitrogen and oxygen atoms in total. The van der Waals surface area contributed by atoms with Crippen molar-refractivity contribution in [3.63, 3.8) is 0 Å². The number of halogens is 1. The van der Waals surface area contributed by atoms with Crippen LogP contribution >= 0.6 is 11.6 Å². The zero-order chi connectivity index (χ0) is 13.4. The quantitative estimate of drug-likeness (QED) is 0.852. The van der Waals surface area contributed by atoms with Crippen molar-refractivity contribution >= 4 is 23.2 Å². The largest absolute Gasteiger partial charge is 0.369 e. The van der Waals surface area contributed by atoms with Gasteiger partial charge in [0.2, 0.25) is 5.91 Å². The number of carbonyl (C=O) groups is 1. The molecule has 2 aliphatic heterocycles. The van der Waals surface area contributed by atoms with Crippen LogP contribution in [0.15, 0.2) is 18.2 Å². The molecule has 2 fully saturated rings. The molecule has 2 aliphatic rings. The highest BCUT2D eigenvalue weighted by Crippen LogP contribution is 2.31. The first-order chi connectivity index (χ1) is 9.17. The topological polar surface area (TPSA) is 56.1 Å². The maximum absolute atomic E-state index is 11.4. The number of piperidine rings is 1. The number of rotatable bonds is 1. The number of amides is 1. The summed E-state index contributed by atoms with van der Waals surface area (Å²) in [5, 5.41) is 12.4. The molecule has 0 saturated carbocycles. The molecule has 0 radical (unpaired) electrons. The van der Waals surface area contributed by atoms with E-state index in [1.165, 1.54) is 0 Å². The fourth-order valence-electron chi connectivity index (χ4n) is 2.92. The van der Waals surface area contributed by atoms with Gasteiger partial charge >= 0.3 is 0 Å². The second-order valence-corrected chi connectivity index (χ2v) is 5.56. The van der Waals surface area contributed by atoms with Crippen molar-refractivity contribution in [2.45, 2.75) is 18.9 Å². The van der Waals surface area contributed by atoms with Crippen LogP contribution in [-0.2, 0) is 4.79 Å². The molecular weight excluding hydrogens is 262 g/mol. The first-order valence-electron chi connectivity index (χ1n) is 6.41. The van der Waals surface area contributed by atoms with E-state index in [9.17, 15) is 4.79 Å². The van der Waals surface area contributed by atoms with Gasteiger partial charge in [-0.25, -0.2) is 0 Å². The van der Waals surface area contributed by atoms with E-state index in [-0.39, 0.29) is 11.9 Å². The molecule has 3 rings (SSSR count). The normalized spacial score (nSPS) is 25.7. The monoisotopic (exact) mass is 275 g/mol. The lowest BCUT2D eigenvalue weighted by molar-refractivity contribution is -0.123. The van der Waals surface area contributed by atoms with E-state index in [1.807, 2.05) is 12.1 Å². The van der Waals surface area contributed by atoms with Gasteiger partial charge in [0.1, 0.15) is 6.07 Å². The number of hydrogen-bond donors (Lipinski definition) is 1. The minimum Gasteiger partial charge on any atom is -0.369 e. The highest BCUT2D eigenvalue weighted by Gasteiger charge is 2.36. The van der Waals surface area contributed by atoms with Gasteiger partial charge in [-0.1, -0.05) is 11.6 Å². The van der Waals surface area contributed by atoms with Gasteiger partial charge in [-0.3, -0.25) is 4.79 Å². The standard InChI is InChI=1S/C14H14ClN3O/c15-12-5-11(3-1-9(12)6-16)18-7-10-2-4-14(19)17-13(10)8-18/h1,3,5,10,13H,2,4,7-8H2,(H,17,19). The van der Waals surface area contributed by atoms with E-state index in [2.05, 4.69) is 16.3 Å². The molecule has 0 spiro atoms. The highest BCUT2D eigenvalue weighted by atomic mass is 35.5. The first-order valence-corrected chi connectivity index (χ1v) is 6.79. The average Bonchev–Trinajstić information content (AvgIpc) is 2.81. The van der Waals surface area contributed by atoms with Gasteiger partial charge in [0.15, 0.2) is 0 Å². The molecule has 19 heavy (non-hydrogen) atoms. The van der Waals surface area contributed by atoms with Crippen LogP contribution in [0.4, 0.5) is 5.69 Å². The summed E-state index contributed by atoms with van der Waals surface area (Å²) >= 11 is 6.07. The zero-order valence-electron chi connectivity index (χ0n) is 10.4. The number of anilines is 1. The molecule has 1 amide bonds. The summed E-state index contributed by atoms with van der Waals surface area (Å²) in [6, 6.07) is 7.81.